The number of hydrogen-bond donors (Lipinski definition) is 0. The first-order valence-electron chi connectivity index (χ1n) is 17.5. The van der Waals surface area contributed by atoms with E-state index in [2.05, 4.69) is 157 Å². The van der Waals surface area contributed by atoms with Gasteiger partial charge in [0, 0.05) is 34.5 Å². The first-order chi connectivity index (χ1) is 22.7. The number of ether oxygens (including phenoxy) is 2. The van der Waals surface area contributed by atoms with Crippen molar-refractivity contribution in [2.24, 2.45) is 0 Å². The Kier molecular flexibility index (Phi) is 5.90. The molecule has 48 heavy (non-hydrogen) atoms. The van der Waals surface area contributed by atoms with Gasteiger partial charge in [0.2, 0.25) is 0 Å². The number of para-hydroxylation sites is 2. The zero-order valence-corrected chi connectivity index (χ0v) is 30.7. The van der Waals surface area contributed by atoms with Crippen LogP contribution in [0.15, 0.2) is 91.0 Å². The second-order valence-corrected chi connectivity index (χ2v) is 21.7. The van der Waals surface area contributed by atoms with Crippen LogP contribution >= 0.6 is 0 Å². The SMILES string of the molecule is CC(C)(C)c1ccc2c(c1)B1c3ccc4c(c3Oc3cc(N5c6ccccc6[Si](C)(C)c6ccccc65)cc(c31)O2)C(C)(C)CC4(C)C. The quantitative estimate of drug-likeness (QED) is 0.168. The summed E-state index contributed by atoms with van der Waals surface area (Å²) < 4.78 is 14.2. The van der Waals surface area contributed by atoms with E-state index in [-0.39, 0.29) is 23.0 Å². The van der Waals surface area contributed by atoms with Crippen molar-refractivity contribution in [3.05, 3.63) is 108 Å². The lowest BCUT2D eigenvalue weighted by Crippen LogP contribution is -2.59. The maximum absolute atomic E-state index is 7.26. The van der Waals surface area contributed by atoms with Crippen molar-refractivity contribution in [1.82, 2.24) is 0 Å². The summed E-state index contributed by atoms with van der Waals surface area (Å²) >= 11 is 0. The molecule has 5 aromatic rings. The molecule has 9 rings (SSSR count). The zero-order chi connectivity index (χ0) is 33.5. The lowest BCUT2D eigenvalue weighted by Gasteiger charge is -2.42. The molecular formula is C43H44BNO2Si. The van der Waals surface area contributed by atoms with Gasteiger partial charge < -0.3 is 14.4 Å². The summed E-state index contributed by atoms with van der Waals surface area (Å²) in [6, 6.07) is 34.1. The molecule has 4 aliphatic rings. The Labute approximate surface area is 287 Å². The van der Waals surface area contributed by atoms with Crippen LogP contribution in [0.5, 0.6) is 23.0 Å². The Morgan fingerprint density at radius 2 is 1.31 bits per heavy atom. The van der Waals surface area contributed by atoms with Crippen molar-refractivity contribution >= 4 is 58.6 Å². The molecular weight excluding hydrogens is 601 g/mol. The maximum Gasteiger partial charge on any atom is 0.260 e. The third-order valence-corrected chi connectivity index (χ3v) is 15.2. The largest absolute Gasteiger partial charge is 0.458 e. The summed E-state index contributed by atoms with van der Waals surface area (Å²) in [6.45, 7) is 21.4. The van der Waals surface area contributed by atoms with E-state index in [0.717, 1.165) is 40.6 Å². The van der Waals surface area contributed by atoms with Crippen molar-refractivity contribution in [2.45, 2.75) is 84.2 Å². The van der Waals surface area contributed by atoms with Crippen LogP contribution < -0.4 is 41.1 Å². The highest BCUT2D eigenvalue weighted by Crippen LogP contribution is 2.54. The van der Waals surface area contributed by atoms with Crippen LogP contribution in [-0.4, -0.2) is 14.8 Å². The number of fused-ring (bicyclic) bond motifs is 8. The highest BCUT2D eigenvalue weighted by molar-refractivity contribution is 7.02. The molecule has 3 heterocycles. The molecule has 0 amide bonds. The van der Waals surface area contributed by atoms with E-state index >= 15 is 0 Å². The third kappa shape index (κ3) is 4.00. The van der Waals surface area contributed by atoms with E-state index in [4.69, 9.17) is 9.47 Å². The lowest BCUT2D eigenvalue weighted by atomic mass is 9.34. The van der Waals surface area contributed by atoms with Gasteiger partial charge in [-0.15, -0.1) is 0 Å². The Hall–Kier alpha value is -4.22. The van der Waals surface area contributed by atoms with E-state index < -0.39 is 8.07 Å². The van der Waals surface area contributed by atoms with Crippen LogP contribution in [0.2, 0.25) is 13.1 Å². The van der Waals surface area contributed by atoms with Gasteiger partial charge in [0.05, 0.1) is 5.69 Å². The van der Waals surface area contributed by atoms with Gasteiger partial charge in [-0.25, -0.2) is 0 Å². The van der Waals surface area contributed by atoms with Crippen molar-refractivity contribution in [3.63, 3.8) is 0 Å². The summed E-state index contributed by atoms with van der Waals surface area (Å²) in [5.74, 6) is 3.76. The van der Waals surface area contributed by atoms with Crippen LogP contribution in [-0.2, 0) is 16.2 Å². The molecule has 0 saturated heterocycles. The third-order valence-electron chi connectivity index (χ3n) is 11.7. The number of benzene rings is 5. The Balaban J connectivity index is 1.32. The number of anilines is 3. The van der Waals surface area contributed by atoms with Gasteiger partial charge in [-0.1, -0.05) is 122 Å². The minimum Gasteiger partial charge on any atom is -0.458 e. The van der Waals surface area contributed by atoms with Crippen molar-refractivity contribution in [3.8, 4) is 23.0 Å². The Bertz CT molecular complexity index is 2160. The van der Waals surface area contributed by atoms with Gasteiger partial charge in [0.15, 0.2) is 0 Å². The van der Waals surface area contributed by atoms with Crippen molar-refractivity contribution in [2.75, 3.05) is 4.90 Å². The Morgan fingerprint density at radius 1 is 0.688 bits per heavy atom. The topological polar surface area (TPSA) is 21.7 Å². The van der Waals surface area contributed by atoms with E-state index in [1.54, 1.807) is 0 Å². The first kappa shape index (κ1) is 29.9. The number of hydrogen-bond acceptors (Lipinski definition) is 3. The zero-order valence-electron chi connectivity index (χ0n) is 29.7. The normalized spacial score (nSPS) is 18.4. The molecule has 0 saturated carbocycles. The molecule has 3 nitrogen and oxygen atoms in total. The molecule has 240 valence electrons. The maximum atomic E-state index is 7.26. The van der Waals surface area contributed by atoms with Gasteiger partial charge in [-0.05, 0) is 73.3 Å². The summed E-state index contributed by atoms with van der Waals surface area (Å²) in [7, 11) is -1.92. The smallest absolute Gasteiger partial charge is 0.260 e. The van der Waals surface area contributed by atoms with Gasteiger partial charge in [0.25, 0.3) is 6.71 Å². The second kappa shape index (κ2) is 9.48. The molecule has 0 fully saturated rings. The molecule has 0 aromatic heterocycles. The second-order valence-electron chi connectivity index (χ2n) is 17.3. The fourth-order valence-electron chi connectivity index (χ4n) is 9.62. The average Bonchev–Trinajstić information content (AvgIpc) is 3.23. The molecule has 0 unspecified atom stereocenters. The van der Waals surface area contributed by atoms with Gasteiger partial charge >= 0.3 is 0 Å². The molecule has 0 atom stereocenters. The molecule has 5 heteroatoms. The van der Waals surface area contributed by atoms with Crippen LogP contribution in [0, 0.1) is 0 Å². The molecule has 0 bridgehead atoms. The van der Waals surface area contributed by atoms with E-state index in [1.165, 1.54) is 49.4 Å². The molecule has 1 aliphatic carbocycles. The summed E-state index contributed by atoms with van der Waals surface area (Å²) in [6.07, 6.45) is 1.09. The monoisotopic (exact) mass is 645 g/mol. The predicted molar refractivity (Wildman–Crippen MR) is 205 cm³/mol. The van der Waals surface area contributed by atoms with Crippen LogP contribution in [0.1, 0.15) is 71.6 Å². The van der Waals surface area contributed by atoms with E-state index in [1.807, 2.05) is 0 Å². The lowest BCUT2D eigenvalue weighted by molar-refractivity contribution is 0.394. The highest BCUT2D eigenvalue weighted by atomic mass is 28.3. The summed E-state index contributed by atoms with van der Waals surface area (Å²) in [5, 5.41) is 2.89. The molecule has 0 radical (unpaired) electrons. The fraction of sp³-hybridized carbons (Fsp3) is 0.302. The molecule has 0 N–H and O–H groups in total. The summed E-state index contributed by atoms with van der Waals surface area (Å²) in [4.78, 5) is 2.44. The average molecular weight is 646 g/mol. The van der Waals surface area contributed by atoms with Crippen molar-refractivity contribution < 1.29 is 9.47 Å². The van der Waals surface area contributed by atoms with Gasteiger partial charge in [-0.2, -0.15) is 0 Å². The standard InChI is InChI=1S/C43H44BNO2Si/c1-41(2,3)26-18-21-33-30(22-26)44-29-20-19-28-38(43(6,7)25-42(28,4)5)40(29)47-35-24-27(23-34(46-33)39(35)44)45-31-14-10-12-16-36(31)48(8,9)37-17-13-11-15-32(37)45/h10-24H,25H2,1-9H3. The minimum atomic E-state index is -1.92. The van der Waals surface area contributed by atoms with Crippen LogP contribution in [0.3, 0.4) is 0 Å². The Morgan fingerprint density at radius 3 is 1.96 bits per heavy atom. The molecule has 3 aliphatic heterocycles. The summed E-state index contributed by atoms with van der Waals surface area (Å²) in [5.41, 5.74) is 11.4. The van der Waals surface area contributed by atoms with Gasteiger partial charge in [-0.3, -0.25) is 0 Å². The van der Waals surface area contributed by atoms with E-state index in [0.29, 0.717) is 0 Å². The minimum absolute atomic E-state index is 0.00959. The number of nitrogens with zero attached hydrogens (tertiary/aromatic N) is 1. The predicted octanol–water partition coefficient (Wildman–Crippen LogP) is 8.28. The van der Waals surface area contributed by atoms with Crippen LogP contribution in [0.4, 0.5) is 17.1 Å². The molecule has 5 aromatic carbocycles. The highest BCUT2D eigenvalue weighted by Gasteiger charge is 2.49. The fourth-order valence-corrected chi connectivity index (χ4v) is 12.6. The van der Waals surface area contributed by atoms with E-state index in [9.17, 15) is 0 Å². The number of rotatable bonds is 1. The van der Waals surface area contributed by atoms with Gasteiger partial charge in [0.1, 0.15) is 31.1 Å². The van der Waals surface area contributed by atoms with Crippen molar-refractivity contribution in [1.29, 1.82) is 0 Å². The molecule has 0 spiro atoms. The first-order valence-corrected chi connectivity index (χ1v) is 20.5. The van der Waals surface area contributed by atoms with Crippen LogP contribution in [0.25, 0.3) is 0 Å².